The number of nitrogens with two attached hydrogens (primary N) is 1. The van der Waals surface area contributed by atoms with E-state index in [4.69, 9.17) is 5.73 Å². The number of hydrogen-bond donors (Lipinski definition) is 3. The average Bonchev–Trinajstić information content (AvgIpc) is 3.00. The second-order valence-electron chi connectivity index (χ2n) is 10.2. The fourth-order valence-corrected chi connectivity index (χ4v) is 6.54. The topological polar surface area (TPSA) is 195 Å². The third kappa shape index (κ3) is 9.26. The number of nitriles is 1. The lowest BCUT2D eigenvalue weighted by molar-refractivity contribution is 0.102. The number of nitrogens with zero attached hydrogens (tertiary/aromatic N) is 6. The van der Waals surface area contributed by atoms with Crippen molar-refractivity contribution in [2.45, 2.75) is 18.4 Å². The highest BCUT2D eigenvalue weighted by Gasteiger charge is 2.30. The fourth-order valence-electron chi connectivity index (χ4n) is 4.60. The molecule has 18 heteroatoms. The number of halogens is 2. The van der Waals surface area contributed by atoms with Gasteiger partial charge in [-0.2, -0.15) is 9.57 Å². The Morgan fingerprint density at radius 3 is 2.26 bits per heavy atom. The standard InChI is InChI=1S/C28H35N9O5S2.2ClH/c1-20-16-23(18-30)34-28(32-20)36-12-14-37(15-13-36)44(41,42)24-7-5-22(6-8-24)33-27(38)25-17-21(19-31-11-10-29)4-9-26(25)35(2)43(3,39)40;;/h4-9,16-17,31H,10-15,19,29H2,1-3H3,(H,33,38);2*1H. The predicted molar refractivity (Wildman–Crippen MR) is 182 cm³/mol. The molecule has 14 nitrogen and oxygen atoms in total. The summed E-state index contributed by atoms with van der Waals surface area (Å²) in [6.45, 7) is 4.32. The number of rotatable bonds is 11. The molecule has 0 atom stereocenters. The third-order valence-electron chi connectivity index (χ3n) is 7.02. The Kier molecular flexibility index (Phi) is 13.7. The van der Waals surface area contributed by atoms with Crippen molar-refractivity contribution in [2.75, 3.05) is 67.1 Å². The van der Waals surface area contributed by atoms with Crippen LogP contribution in [-0.2, 0) is 26.6 Å². The number of nitrogens with one attached hydrogen (secondary N) is 2. The normalized spacial score (nSPS) is 13.6. The van der Waals surface area contributed by atoms with Gasteiger partial charge in [0.15, 0.2) is 0 Å². The van der Waals surface area contributed by atoms with Gasteiger partial charge in [0, 0.05) is 64.2 Å². The van der Waals surface area contributed by atoms with Gasteiger partial charge in [-0.15, -0.1) is 24.8 Å². The Labute approximate surface area is 281 Å². The Morgan fingerprint density at radius 2 is 1.67 bits per heavy atom. The van der Waals surface area contributed by atoms with E-state index in [1.165, 1.54) is 35.6 Å². The predicted octanol–water partition coefficient (Wildman–Crippen LogP) is 1.71. The molecule has 0 spiro atoms. The zero-order valence-corrected chi connectivity index (χ0v) is 28.8. The van der Waals surface area contributed by atoms with Crippen LogP contribution in [0.25, 0.3) is 0 Å². The number of anilines is 3. The summed E-state index contributed by atoms with van der Waals surface area (Å²) >= 11 is 0. The van der Waals surface area contributed by atoms with Crippen molar-refractivity contribution < 1.29 is 21.6 Å². The number of amides is 1. The first-order valence-electron chi connectivity index (χ1n) is 13.7. The smallest absolute Gasteiger partial charge is 0.257 e. The van der Waals surface area contributed by atoms with Gasteiger partial charge in [0.1, 0.15) is 11.8 Å². The van der Waals surface area contributed by atoms with E-state index < -0.39 is 26.0 Å². The van der Waals surface area contributed by atoms with E-state index in [1.54, 1.807) is 31.2 Å². The lowest BCUT2D eigenvalue weighted by Gasteiger charge is -2.34. The lowest BCUT2D eigenvalue weighted by atomic mass is 10.1. The number of carbonyl (C=O) groups excluding carboxylic acids is 1. The number of aryl methyl sites for hydroxylation is 1. The second kappa shape index (κ2) is 16.3. The molecule has 46 heavy (non-hydrogen) atoms. The van der Waals surface area contributed by atoms with Gasteiger partial charge in [-0.25, -0.2) is 26.8 Å². The molecule has 4 rings (SSSR count). The Morgan fingerprint density at radius 1 is 1.02 bits per heavy atom. The van der Waals surface area contributed by atoms with Crippen molar-refractivity contribution in [2.24, 2.45) is 5.73 Å². The van der Waals surface area contributed by atoms with Crippen LogP contribution in [-0.4, -0.2) is 89.6 Å². The summed E-state index contributed by atoms with van der Waals surface area (Å²) in [5.41, 5.74) is 7.87. The van der Waals surface area contributed by atoms with Gasteiger partial charge in [-0.1, -0.05) is 6.07 Å². The molecule has 1 aliphatic rings. The first-order chi connectivity index (χ1) is 20.8. The van der Waals surface area contributed by atoms with Gasteiger partial charge < -0.3 is 21.3 Å². The van der Waals surface area contributed by atoms with Crippen molar-refractivity contribution in [3.05, 3.63) is 71.0 Å². The highest BCUT2D eigenvalue weighted by molar-refractivity contribution is 7.92. The summed E-state index contributed by atoms with van der Waals surface area (Å²) in [5.74, 6) is -0.164. The van der Waals surface area contributed by atoms with Crippen LogP contribution in [0.5, 0.6) is 0 Å². The molecule has 1 aliphatic heterocycles. The maximum Gasteiger partial charge on any atom is 0.257 e. The first kappa shape index (κ1) is 38.6. The summed E-state index contributed by atoms with van der Waals surface area (Å²) in [7, 11) is -6.11. The molecule has 0 radical (unpaired) electrons. The van der Waals surface area contributed by atoms with Crippen molar-refractivity contribution in [3.63, 3.8) is 0 Å². The molecule has 3 aromatic rings. The van der Waals surface area contributed by atoms with Gasteiger partial charge in [-0.3, -0.25) is 9.10 Å². The summed E-state index contributed by atoms with van der Waals surface area (Å²) in [6, 6.07) is 14.3. The summed E-state index contributed by atoms with van der Waals surface area (Å²) in [4.78, 5) is 23.9. The molecule has 4 N–H and O–H groups in total. The van der Waals surface area contributed by atoms with Crippen molar-refractivity contribution >= 4 is 68.1 Å². The molecular formula is C28H37Cl2N9O5S2. The van der Waals surface area contributed by atoms with E-state index in [0.717, 1.165) is 16.1 Å². The largest absolute Gasteiger partial charge is 0.338 e. The third-order valence-corrected chi connectivity index (χ3v) is 10.1. The maximum atomic E-state index is 13.4. The highest BCUT2D eigenvalue weighted by Crippen LogP contribution is 2.26. The fraction of sp³-hybridized carbons (Fsp3) is 0.357. The van der Waals surface area contributed by atoms with Crippen LogP contribution in [0.15, 0.2) is 53.4 Å². The maximum absolute atomic E-state index is 13.4. The Hall–Kier alpha value is -3.56. The van der Waals surface area contributed by atoms with Crippen LogP contribution in [0.1, 0.15) is 27.3 Å². The lowest BCUT2D eigenvalue weighted by Crippen LogP contribution is -2.49. The zero-order valence-electron chi connectivity index (χ0n) is 25.5. The highest BCUT2D eigenvalue weighted by atomic mass is 35.5. The number of hydrogen-bond acceptors (Lipinski definition) is 11. The number of benzene rings is 2. The minimum atomic E-state index is -3.83. The Balaban J connectivity index is 0.00000368. The van der Waals surface area contributed by atoms with Gasteiger partial charge in [0.25, 0.3) is 5.91 Å². The molecule has 2 aromatic carbocycles. The zero-order chi connectivity index (χ0) is 32.1. The SMILES string of the molecule is Cc1cc(C#N)nc(N2CCN(S(=O)(=O)c3ccc(NC(=O)c4cc(CNCCN)ccc4N(C)S(C)(=O)=O)cc3)CC2)n1.Cl.Cl. The van der Waals surface area contributed by atoms with Crippen LogP contribution in [0, 0.1) is 18.3 Å². The molecular weight excluding hydrogens is 677 g/mol. The number of carbonyl (C=O) groups is 1. The molecule has 0 unspecified atom stereocenters. The molecule has 0 saturated carbocycles. The second-order valence-corrected chi connectivity index (χ2v) is 14.2. The van der Waals surface area contributed by atoms with Crippen LogP contribution in [0.4, 0.5) is 17.3 Å². The van der Waals surface area contributed by atoms with Gasteiger partial charge in [0.2, 0.25) is 26.0 Å². The average molecular weight is 715 g/mol. The minimum absolute atomic E-state index is 0. The van der Waals surface area contributed by atoms with Crippen LogP contribution in [0.3, 0.4) is 0 Å². The number of piperazine rings is 1. The monoisotopic (exact) mass is 713 g/mol. The molecule has 250 valence electrons. The van der Waals surface area contributed by atoms with E-state index in [0.29, 0.717) is 50.1 Å². The van der Waals surface area contributed by atoms with E-state index in [1.807, 2.05) is 11.0 Å². The van der Waals surface area contributed by atoms with E-state index in [9.17, 15) is 26.9 Å². The van der Waals surface area contributed by atoms with Crippen molar-refractivity contribution in [3.8, 4) is 6.07 Å². The van der Waals surface area contributed by atoms with E-state index in [-0.39, 0.29) is 59.7 Å². The molecule has 1 saturated heterocycles. The summed E-state index contributed by atoms with van der Waals surface area (Å²) in [6.07, 6.45) is 1.05. The summed E-state index contributed by atoms with van der Waals surface area (Å²) in [5, 5.41) is 15.1. The molecule has 1 fully saturated rings. The molecule has 2 heterocycles. The molecule has 0 bridgehead atoms. The Bertz CT molecular complexity index is 1780. The van der Waals surface area contributed by atoms with Crippen LogP contribution < -0.4 is 25.6 Å². The van der Waals surface area contributed by atoms with Gasteiger partial charge in [0.05, 0.1) is 22.4 Å². The molecule has 1 amide bonds. The number of sulfonamides is 2. The summed E-state index contributed by atoms with van der Waals surface area (Å²) < 4.78 is 53.6. The van der Waals surface area contributed by atoms with Gasteiger partial charge in [-0.05, 0) is 55.0 Å². The van der Waals surface area contributed by atoms with E-state index in [2.05, 4.69) is 20.6 Å². The van der Waals surface area contributed by atoms with Crippen molar-refractivity contribution in [1.82, 2.24) is 19.6 Å². The molecule has 0 aliphatic carbocycles. The van der Waals surface area contributed by atoms with Gasteiger partial charge >= 0.3 is 0 Å². The first-order valence-corrected chi connectivity index (χ1v) is 17.0. The van der Waals surface area contributed by atoms with Crippen LogP contribution >= 0.6 is 24.8 Å². The molecule has 1 aromatic heterocycles. The number of aromatic nitrogens is 2. The van der Waals surface area contributed by atoms with Crippen molar-refractivity contribution in [1.29, 1.82) is 5.26 Å². The van der Waals surface area contributed by atoms with E-state index >= 15 is 0 Å². The minimum Gasteiger partial charge on any atom is -0.338 e. The van der Waals surface area contributed by atoms with Crippen LogP contribution in [0.2, 0.25) is 0 Å². The quantitative estimate of drug-likeness (QED) is 0.245.